The molecule has 0 aliphatic rings. The molecule has 3 rings (SSSR count). The van der Waals surface area contributed by atoms with Crippen LogP contribution in [0.5, 0.6) is 0 Å². The molecule has 3 aromatic rings. The lowest BCUT2D eigenvalue weighted by Gasteiger charge is -2.15. The van der Waals surface area contributed by atoms with Gasteiger partial charge in [-0.05, 0) is 57.3 Å². The summed E-state index contributed by atoms with van der Waals surface area (Å²) in [6, 6.07) is 8.98. The summed E-state index contributed by atoms with van der Waals surface area (Å²) in [5.41, 5.74) is 2.51. The number of carbonyl (C=O) groups excluding carboxylic acids is 1. The Morgan fingerprint density at radius 3 is 2.60 bits per heavy atom. The maximum Gasteiger partial charge on any atom is 0.278 e. The van der Waals surface area contributed by atoms with Crippen LogP contribution < -0.4 is 10.9 Å². The number of rotatable bonds is 9. The lowest BCUT2D eigenvalue weighted by atomic mass is 10.2. The van der Waals surface area contributed by atoms with Gasteiger partial charge in [-0.3, -0.25) is 9.59 Å². The number of thioether (sulfide) groups is 1. The van der Waals surface area contributed by atoms with Gasteiger partial charge in [0, 0.05) is 6.54 Å². The fraction of sp³-hybridized carbons (Fsp3) is 0.455. The molecule has 0 saturated heterocycles. The van der Waals surface area contributed by atoms with Crippen LogP contribution in [-0.4, -0.2) is 43.5 Å². The molecule has 1 amide bonds. The highest BCUT2D eigenvalue weighted by Gasteiger charge is 2.23. The molecule has 2 aromatic heterocycles. The van der Waals surface area contributed by atoms with E-state index in [4.69, 9.17) is 0 Å². The van der Waals surface area contributed by atoms with E-state index in [1.165, 1.54) is 4.68 Å². The lowest BCUT2D eigenvalue weighted by Crippen LogP contribution is -2.38. The molecular weight excluding hydrogens is 398 g/mol. The van der Waals surface area contributed by atoms with Gasteiger partial charge >= 0.3 is 0 Å². The third-order valence-electron chi connectivity index (χ3n) is 5.00. The minimum Gasteiger partial charge on any atom is -0.354 e. The largest absolute Gasteiger partial charge is 0.354 e. The number of hydrogen-bond acceptors (Lipinski definition) is 5. The smallest absolute Gasteiger partial charge is 0.278 e. The molecule has 1 atom stereocenters. The number of nitrogens with one attached hydrogen (secondary N) is 1. The van der Waals surface area contributed by atoms with E-state index in [0.717, 1.165) is 35.7 Å². The monoisotopic (exact) mass is 427 g/mol. The summed E-state index contributed by atoms with van der Waals surface area (Å²) in [6.07, 6.45) is 2.07. The zero-order valence-electron chi connectivity index (χ0n) is 18.0. The van der Waals surface area contributed by atoms with Gasteiger partial charge in [-0.2, -0.15) is 22.0 Å². The van der Waals surface area contributed by atoms with Gasteiger partial charge in [-0.25, -0.2) is 9.36 Å². The van der Waals surface area contributed by atoms with Gasteiger partial charge < -0.3 is 5.32 Å². The van der Waals surface area contributed by atoms with Gasteiger partial charge in [0.15, 0.2) is 0 Å². The topological polar surface area (TPSA) is 81.8 Å². The number of aromatic nitrogens is 4. The standard InChI is InChI=1S/C22H29N5O2S/c1-5-13-30-14-9-12-23-21(28)17(4)27-22(29)19-16(3)26(18-10-7-6-8-11-18)25-20(19)15(2)24-27/h6-8,10-11,17H,5,9,12-14H2,1-4H3,(H,23,28)/t17-/m0/s1. The van der Waals surface area contributed by atoms with Crippen molar-refractivity contribution in [3.8, 4) is 5.69 Å². The Morgan fingerprint density at radius 2 is 1.90 bits per heavy atom. The summed E-state index contributed by atoms with van der Waals surface area (Å²) in [5.74, 6) is 1.96. The summed E-state index contributed by atoms with van der Waals surface area (Å²) in [7, 11) is 0. The number of fused-ring (bicyclic) bond motifs is 1. The molecule has 0 spiro atoms. The van der Waals surface area contributed by atoms with Gasteiger partial charge in [-0.15, -0.1) is 0 Å². The van der Waals surface area contributed by atoms with Gasteiger partial charge in [-0.1, -0.05) is 25.1 Å². The second-order valence-corrected chi connectivity index (χ2v) is 8.55. The number of aryl methyl sites for hydroxylation is 2. The Labute approximate surface area is 180 Å². The van der Waals surface area contributed by atoms with Crippen LogP contribution in [0.15, 0.2) is 35.1 Å². The van der Waals surface area contributed by atoms with Crippen LogP contribution in [-0.2, 0) is 4.79 Å². The molecule has 0 aliphatic heterocycles. The minimum atomic E-state index is -0.691. The Bertz CT molecular complexity index is 1070. The van der Waals surface area contributed by atoms with Crippen molar-refractivity contribution in [2.75, 3.05) is 18.1 Å². The molecule has 8 heteroatoms. The van der Waals surface area contributed by atoms with Crippen molar-refractivity contribution in [2.24, 2.45) is 0 Å². The first kappa shape index (κ1) is 22.1. The van der Waals surface area contributed by atoms with Crippen molar-refractivity contribution in [3.63, 3.8) is 0 Å². The zero-order valence-corrected chi connectivity index (χ0v) is 18.8. The first-order valence-electron chi connectivity index (χ1n) is 10.3. The zero-order chi connectivity index (χ0) is 21.7. The van der Waals surface area contributed by atoms with Crippen LogP contribution in [0.3, 0.4) is 0 Å². The molecule has 0 radical (unpaired) electrons. The van der Waals surface area contributed by atoms with Gasteiger partial charge in [0.05, 0.1) is 22.5 Å². The number of hydrogen-bond donors (Lipinski definition) is 1. The van der Waals surface area contributed by atoms with Crippen LogP contribution in [0.2, 0.25) is 0 Å². The molecule has 0 bridgehead atoms. The van der Waals surface area contributed by atoms with Gasteiger partial charge in [0.1, 0.15) is 11.6 Å². The highest BCUT2D eigenvalue weighted by atomic mass is 32.2. The number of nitrogens with zero attached hydrogens (tertiary/aromatic N) is 4. The number of para-hydroxylation sites is 1. The Kier molecular flexibility index (Phi) is 7.31. The van der Waals surface area contributed by atoms with Crippen molar-refractivity contribution in [1.29, 1.82) is 0 Å². The molecule has 1 aromatic carbocycles. The van der Waals surface area contributed by atoms with Crippen molar-refractivity contribution in [1.82, 2.24) is 24.9 Å². The van der Waals surface area contributed by atoms with E-state index in [1.54, 1.807) is 11.6 Å². The maximum absolute atomic E-state index is 13.2. The minimum absolute atomic E-state index is 0.197. The van der Waals surface area contributed by atoms with E-state index in [1.807, 2.05) is 55.9 Å². The van der Waals surface area contributed by atoms with Crippen molar-refractivity contribution in [3.05, 3.63) is 52.1 Å². The third kappa shape index (κ3) is 4.59. The Morgan fingerprint density at radius 1 is 1.17 bits per heavy atom. The molecule has 0 fully saturated rings. The molecule has 0 aliphatic carbocycles. The van der Waals surface area contributed by atoms with Crippen molar-refractivity contribution in [2.45, 2.75) is 46.6 Å². The first-order valence-corrected chi connectivity index (χ1v) is 11.5. The van der Waals surface area contributed by atoms with Crippen LogP contribution >= 0.6 is 11.8 Å². The Balaban J connectivity index is 1.85. The van der Waals surface area contributed by atoms with Crippen LogP contribution in [0.25, 0.3) is 16.6 Å². The molecule has 7 nitrogen and oxygen atoms in total. The van der Waals surface area contributed by atoms with Crippen molar-refractivity contribution < 1.29 is 4.79 Å². The lowest BCUT2D eigenvalue weighted by molar-refractivity contribution is -0.124. The maximum atomic E-state index is 13.2. The average molecular weight is 428 g/mol. The highest BCUT2D eigenvalue weighted by molar-refractivity contribution is 7.99. The predicted molar refractivity (Wildman–Crippen MR) is 123 cm³/mol. The summed E-state index contributed by atoms with van der Waals surface area (Å²) in [4.78, 5) is 25.8. The second kappa shape index (κ2) is 9.93. The Hall–Kier alpha value is -2.61. The summed E-state index contributed by atoms with van der Waals surface area (Å²) >= 11 is 1.89. The molecular formula is C22H29N5O2S. The SMILES string of the molecule is CCCSCCCNC(=O)[C@H](C)n1nc(C)c2nn(-c3ccccc3)c(C)c2c1=O. The van der Waals surface area contributed by atoms with Gasteiger partial charge in [0.2, 0.25) is 5.91 Å². The van der Waals surface area contributed by atoms with E-state index in [-0.39, 0.29) is 11.5 Å². The van der Waals surface area contributed by atoms with Crippen LogP contribution in [0.4, 0.5) is 0 Å². The molecule has 30 heavy (non-hydrogen) atoms. The normalized spacial score (nSPS) is 12.3. The number of benzene rings is 1. The van der Waals surface area contributed by atoms with Gasteiger partial charge in [0.25, 0.3) is 5.56 Å². The third-order valence-corrected chi connectivity index (χ3v) is 6.27. The van der Waals surface area contributed by atoms with Crippen LogP contribution in [0, 0.1) is 13.8 Å². The van der Waals surface area contributed by atoms with E-state index in [2.05, 4.69) is 22.4 Å². The van der Waals surface area contributed by atoms with Crippen LogP contribution in [0.1, 0.15) is 44.1 Å². The molecule has 0 unspecified atom stereocenters. The average Bonchev–Trinajstić information content (AvgIpc) is 3.11. The van der Waals surface area contributed by atoms with Crippen molar-refractivity contribution >= 4 is 28.6 Å². The van der Waals surface area contributed by atoms with E-state index in [0.29, 0.717) is 23.1 Å². The van der Waals surface area contributed by atoms with E-state index < -0.39 is 6.04 Å². The first-order chi connectivity index (χ1) is 14.5. The summed E-state index contributed by atoms with van der Waals surface area (Å²) < 4.78 is 3.03. The molecule has 2 heterocycles. The second-order valence-electron chi connectivity index (χ2n) is 7.32. The molecule has 0 saturated carbocycles. The summed E-state index contributed by atoms with van der Waals surface area (Å²) in [6.45, 7) is 8.14. The predicted octanol–water partition coefficient (Wildman–Crippen LogP) is 3.41. The van der Waals surface area contributed by atoms with E-state index in [9.17, 15) is 9.59 Å². The fourth-order valence-corrected chi connectivity index (χ4v) is 4.20. The van der Waals surface area contributed by atoms with E-state index >= 15 is 0 Å². The number of carbonyl (C=O) groups is 1. The number of amides is 1. The molecule has 160 valence electrons. The molecule has 1 N–H and O–H groups in total. The fourth-order valence-electron chi connectivity index (χ4n) is 3.35. The highest BCUT2D eigenvalue weighted by Crippen LogP contribution is 2.20. The quantitative estimate of drug-likeness (QED) is 0.529. The summed E-state index contributed by atoms with van der Waals surface area (Å²) in [5, 5.41) is 12.4.